The molecular formula is C19H22ClN3O3. The van der Waals surface area contributed by atoms with Crippen molar-refractivity contribution in [1.82, 2.24) is 14.7 Å². The molecule has 6 nitrogen and oxygen atoms in total. The summed E-state index contributed by atoms with van der Waals surface area (Å²) in [5.41, 5.74) is 1.27. The first-order valence-electron chi connectivity index (χ1n) is 8.79. The Kier molecular flexibility index (Phi) is 5.93. The largest absolute Gasteiger partial charge is 0.452 e. The molecule has 0 radical (unpaired) electrons. The maximum atomic E-state index is 11.9. The van der Waals surface area contributed by atoms with Gasteiger partial charge in [-0.3, -0.25) is 9.20 Å². The molecule has 2 aromatic rings. The zero-order valence-electron chi connectivity index (χ0n) is 14.7. The molecule has 0 atom stereocenters. The van der Waals surface area contributed by atoms with Gasteiger partial charge in [-0.2, -0.15) is 0 Å². The van der Waals surface area contributed by atoms with E-state index in [-0.39, 0.29) is 18.6 Å². The number of aromatic nitrogens is 2. The number of nitrogens with one attached hydrogen (secondary N) is 1. The van der Waals surface area contributed by atoms with E-state index < -0.39 is 5.97 Å². The molecule has 0 saturated heterocycles. The molecule has 0 aromatic carbocycles. The lowest BCUT2D eigenvalue weighted by atomic mass is 9.87. The number of fused-ring (bicyclic) bond motifs is 1. The van der Waals surface area contributed by atoms with Gasteiger partial charge in [0.25, 0.3) is 5.91 Å². The summed E-state index contributed by atoms with van der Waals surface area (Å²) in [6, 6.07) is 5.70. The molecule has 2 heterocycles. The molecule has 138 valence electrons. The van der Waals surface area contributed by atoms with E-state index >= 15 is 0 Å². The number of rotatable bonds is 5. The van der Waals surface area contributed by atoms with Crippen LogP contribution in [0.4, 0.5) is 0 Å². The fourth-order valence-corrected chi connectivity index (χ4v) is 3.38. The van der Waals surface area contributed by atoms with Crippen molar-refractivity contribution >= 4 is 35.2 Å². The van der Waals surface area contributed by atoms with E-state index in [0.717, 1.165) is 31.6 Å². The lowest BCUT2D eigenvalue weighted by Crippen LogP contribution is -2.39. The third kappa shape index (κ3) is 4.64. The highest BCUT2D eigenvalue weighted by atomic mass is 35.5. The van der Waals surface area contributed by atoms with Crippen LogP contribution in [0.3, 0.4) is 0 Å². The molecule has 0 spiro atoms. The zero-order valence-corrected chi connectivity index (χ0v) is 15.4. The average Bonchev–Trinajstić information content (AvgIpc) is 2.95. The van der Waals surface area contributed by atoms with Crippen LogP contribution in [0.2, 0.25) is 5.15 Å². The number of hydrogen-bond donors (Lipinski definition) is 1. The molecule has 3 rings (SSSR count). The Morgan fingerprint density at radius 2 is 2.12 bits per heavy atom. The van der Waals surface area contributed by atoms with Crippen molar-refractivity contribution in [2.75, 3.05) is 6.61 Å². The summed E-state index contributed by atoms with van der Waals surface area (Å²) in [6.07, 6.45) is 8.78. The second-order valence-electron chi connectivity index (χ2n) is 6.68. The zero-order chi connectivity index (χ0) is 18.5. The summed E-state index contributed by atoms with van der Waals surface area (Å²) in [6.45, 7) is 1.94. The van der Waals surface area contributed by atoms with Crippen LogP contribution >= 0.6 is 11.6 Å². The van der Waals surface area contributed by atoms with E-state index in [4.69, 9.17) is 16.3 Å². The number of imidazole rings is 1. The van der Waals surface area contributed by atoms with Crippen molar-refractivity contribution in [3.8, 4) is 0 Å². The van der Waals surface area contributed by atoms with Gasteiger partial charge in [0.15, 0.2) is 11.8 Å². The number of pyridine rings is 1. The molecule has 2 aromatic heterocycles. The Bertz CT molecular complexity index is 823. The maximum absolute atomic E-state index is 11.9. The Labute approximate surface area is 157 Å². The third-order valence-electron chi connectivity index (χ3n) is 4.63. The number of carbonyl (C=O) groups is 2. The lowest BCUT2D eigenvalue weighted by molar-refractivity contribution is -0.144. The van der Waals surface area contributed by atoms with Crippen LogP contribution in [0, 0.1) is 5.92 Å². The molecular weight excluding hydrogens is 354 g/mol. The van der Waals surface area contributed by atoms with E-state index in [2.05, 4.69) is 17.2 Å². The minimum Gasteiger partial charge on any atom is -0.452 e. The van der Waals surface area contributed by atoms with E-state index in [0.29, 0.717) is 16.5 Å². The van der Waals surface area contributed by atoms with Crippen LogP contribution in [0.15, 0.2) is 30.5 Å². The SMILES string of the molecule is CC1CCC(NC(=O)COC(=O)/C=C/c2c(Cl)nc3ccccn23)CC1. The van der Waals surface area contributed by atoms with E-state index in [9.17, 15) is 9.59 Å². The van der Waals surface area contributed by atoms with Crippen molar-refractivity contribution in [1.29, 1.82) is 0 Å². The first kappa shape index (κ1) is 18.5. The average molecular weight is 376 g/mol. The standard InChI is InChI=1S/C19H22ClN3O3/c1-13-5-7-14(8-6-13)21-17(24)12-26-18(25)10-9-15-19(20)22-16-4-2-3-11-23(15)16/h2-4,9-11,13-14H,5-8,12H2,1H3,(H,21,24)/b10-9+. The third-order valence-corrected chi connectivity index (χ3v) is 4.90. The van der Waals surface area contributed by atoms with Gasteiger partial charge in [-0.25, -0.2) is 9.78 Å². The molecule has 1 fully saturated rings. The van der Waals surface area contributed by atoms with Crippen molar-refractivity contribution in [2.24, 2.45) is 5.92 Å². The number of nitrogens with zero attached hydrogens (tertiary/aromatic N) is 2. The number of hydrogen-bond acceptors (Lipinski definition) is 4. The monoisotopic (exact) mass is 375 g/mol. The van der Waals surface area contributed by atoms with Crippen LogP contribution in [-0.2, 0) is 14.3 Å². The van der Waals surface area contributed by atoms with E-state index in [1.54, 1.807) is 10.6 Å². The fraction of sp³-hybridized carbons (Fsp3) is 0.421. The van der Waals surface area contributed by atoms with Crippen molar-refractivity contribution in [3.05, 3.63) is 41.3 Å². The quantitative estimate of drug-likeness (QED) is 0.643. The van der Waals surface area contributed by atoms with Gasteiger partial charge < -0.3 is 10.1 Å². The second-order valence-corrected chi connectivity index (χ2v) is 7.04. The van der Waals surface area contributed by atoms with Gasteiger partial charge in [0.1, 0.15) is 5.65 Å². The Morgan fingerprint density at radius 3 is 2.88 bits per heavy atom. The molecule has 1 saturated carbocycles. The first-order chi connectivity index (χ1) is 12.5. The second kappa shape index (κ2) is 8.36. The Morgan fingerprint density at radius 1 is 1.35 bits per heavy atom. The number of amides is 1. The van der Waals surface area contributed by atoms with Crippen molar-refractivity contribution in [2.45, 2.75) is 38.6 Å². The molecule has 1 N–H and O–H groups in total. The topological polar surface area (TPSA) is 72.7 Å². The van der Waals surface area contributed by atoms with Crippen LogP contribution in [0.1, 0.15) is 38.3 Å². The minimum absolute atomic E-state index is 0.185. The van der Waals surface area contributed by atoms with Gasteiger partial charge >= 0.3 is 5.97 Å². The normalized spacial score (nSPS) is 20.4. The molecule has 7 heteroatoms. The summed E-state index contributed by atoms with van der Waals surface area (Å²) < 4.78 is 6.77. The lowest BCUT2D eigenvalue weighted by Gasteiger charge is -2.26. The molecule has 1 aliphatic rings. The highest BCUT2D eigenvalue weighted by Gasteiger charge is 2.20. The van der Waals surface area contributed by atoms with Gasteiger partial charge in [0.05, 0.1) is 5.69 Å². The van der Waals surface area contributed by atoms with Gasteiger partial charge in [-0.1, -0.05) is 24.6 Å². The van der Waals surface area contributed by atoms with E-state index in [1.165, 1.54) is 12.2 Å². The van der Waals surface area contributed by atoms with Gasteiger partial charge in [-0.15, -0.1) is 0 Å². The predicted octanol–water partition coefficient (Wildman–Crippen LogP) is 3.24. The van der Waals surface area contributed by atoms with Crippen LogP contribution in [0.25, 0.3) is 11.7 Å². The first-order valence-corrected chi connectivity index (χ1v) is 9.17. The summed E-state index contributed by atoms with van der Waals surface area (Å²) >= 11 is 6.10. The minimum atomic E-state index is -0.598. The molecule has 0 bridgehead atoms. The van der Waals surface area contributed by atoms with Gasteiger partial charge in [0, 0.05) is 18.3 Å². The number of carbonyl (C=O) groups excluding carboxylic acids is 2. The van der Waals surface area contributed by atoms with E-state index in [1.807, 2.05) is 18.2 Å². The smallest absolute Gasteiger partial charge is 0.331 e. The van der Waals surface area contributed by atoms with Gasteiger partial charge in [0.2, 0.25) is 0 Å². The van der Waals surface area contributed by atoms with Crippen LogP contribution in [0.5, 0.6) is 0 Å². The van der Waals surface area contributed by atoms with Crippen LogP contribution in [-0.4, -0.2) is 33.9 Å². The van der Waals surface area contributed by atoms with Crippen molar-refractivity contribution < 1.29 is 14.3 Å². The number of esters is 1. The molecule has 0 aliphatic heterocycles. The summed E-state index contributed by atoms with van der Waals surface area (Å²) in [7, 11) is 0. The van der Waals surface area contributed by atoms with Crippen molar-refractivity contribution in [3.63, 3.8) is 0 Å². The van der Waals surface area contributed by atoms with Gasteiger partial charge in [-0.05, 0) is 49.8 Å². The van der Waals surface area contributed by atoms with Crippen LogP contribution < -0.4 is 5.32 Å². The summed E-state index contributed by atoms with van der Waals surface area (Å²) in [4.78, 5) is 28.0. The highest BCUT2D eigenvalue weighted by molar-refractivity contribution is 6.31. The Hall–Kier alpha value is -2.34. The fourth-order valence-electron chi connectivity index (χ4n) is 3.14. The summed E-state index contributed by atoms with van der Waals surface area (Å²) in [5.74, 6) is -0.143. The highest BCUT2D eigenvalue weighted by Crippen LogP contribution is 2.23. The predicted molar refractivity (Wildman–Crippen MR) is 99.8 cm³/mol. The molecule has 1 amide bonds. The molecule has 26 heavy (non-hydrogen) atoms. The molecule has 0 unspecified atom stereocenters. The molecule has 1 aliphatic carbocycles. The Balaban J connectivity index is 1.50. The maximum Gasteiger partial charge on any atom is 0.331 e. The number of halogens is 1. The number of ether oxygens (including phenoxy) is 1. The summed E-state index contributed by atoms with van der Waals surface area (Å²) in [5, 5.41) is 3.22.